The molecule has 3 N–H and O–H groups in total. The van der Waals surface area contributed by atoms with Crippen molar-refractivity contribution in [1.29, 1.82) is 0 Å². The van der Waals surface area contributed by atoms with Crippen LogP contribution < -0.4 is 11.1 Å². The maximum atomic E-state index is 11.6. The van der Waals surface area contributed by atoms with Gasteiger partial charge in [-0.1, -0.05) is 26.0 Å². The molecule has 0 saturated carbocycles. The Morgan fingerprint density at radius 1 is 1.41 bits per heavy atom. The van der Waals surface area contributed by atoms with E-state index in [4.69, 9.17) is 5.73 Å². The van der Waals surface area contributed by atoms with Gasteiger partial charge in [0.05, 0.1) is 0 Å². The number of rotatable bonds is 6. The van der Waals surface area contributed by atoms with E-state index in [2.05, 4.69) is 11.4 Å². The third-order valence-electron chi connectivity index (χ3n) is 2.47. The number of aryl methyl sites for hydroxylation is 1. The molecule has 94 valence electrons. The number of hydrogen-bond acceptors (Lipinski definition) is 2. The summed E-state index contributed by atoms with van der Waals surface area (Å²) in [5, 5.41) is 2.92. The maximum absolute atomic E-state index is 11.6. The standard InChI is InChI=1S/C14H22N2O/c1-11(2)9-14(17)16-13-7-3-5-12(10-13)6-4-8-15/h3,5,7,10-11H,4,6,8-9,15H2,1-2H3,(H,16,17). The number of hydrogen-bond donors (Lipinski definition) is 2. The van der Waals surface area contributed by atoms with Crippen LogP contribution in [0.1, 0.15) is 32.3 Å². The average Bonchev–Trinajstić information content (AvgIpc) is 2.25. The molecule has 17 heavy (non-hydrogen) atoms. The lowest BCUT2D eigenvalue weighted by atomic mass is 10.1. The number of carbonyl (C=O) groups is 1. The lowest BCUT2D eigenvalue weighted by Crippen LogP contribution is -2.13. The normalized spacial score (nSPS) is 10.6. The Kier molecular flexibility index (Phi) is 5.70. The number of nitrogens with one attached hydrogen (secondary N) is 1. The van der Waals surface area contributed by atoms with Gasteiger partial charge in [0.25, 0.3) is 0 Å². The van der Waals surface area contributed by atoms with Crippen LogP contribution in [0, 0.1) is 5.92 Å². The van der Waals surface area contributed by atoms with Crippen molar-refractivity contribution >= 4 is 11.6 Å². The van der Waals surface area contributed by atoms with Gasteiger partial charge in [-0.3, -0.25) is 4.79 Å². The molecule has 1 aromatic carbocycles. The first kappa shape index (κ1) is 13.7. The highest BCUT2D eigenvalue weighted by molar-refractivity contribution is 5.90. The van der Waals surface area contributed by atoms with Gasteiger partial charge in [-0.2, -0.15) is 0 Å². The van der Waals surface area contributed by atoms with Crippen molar-refractivity contribution in [3.63, 3.8) is 0 Å². The SMILES string of the molecule is CC(C)CC(=O)Nc1cccc(CCCN)c1. The van der Waals surface area contributed by atoms with Crippen LogP contribution in [0.5, 0.6) is 0 Å². The molecule has 1 amide bonds. The molecule has 1 rings (SSSR count). The predicted octanol–water partition coefficient (Wildman–Crippen LogP) is 2.56. The molecule has 3 nitrogen and oxygen atoms in total. The molecule has 0 aromatic heterocycles. The van der Waals surface area contributed by atoms with Gasteiger partial charge in [-0.25, -0.2) is 0 Å². The highest BCUT2D eigenvalue weighted by Gasteiger charge is 2.05. The van der Waals surface area contributed by atoms with Crippen LogP contribution >= 0.6 is 0 Å². The second kappa shape index (κ2) is 7.07. The first-order valence-electron chi connectivity index (χ1n) is 6.20. The maximum Gasteiger partial charge on any atom is 0.224 e. The van der Waals surface area contributed by atoms with Crippen molar-refractivity contribution in [1.82, 2.24) is 0 Å². The number of carbonyl (C=O) groups excluding carboxylic acids is 1. The topological polar surface area (TPSA) is 55.1 Å². The van der Waals surface area contributed by atoms with E-state index in [0.717, 1.165) is 18.5 Å². The Bertz CT molecular complexity index is 361. The van der Waals surface area contributed by atoms with E-state index in [1.165, 1.54) is 5.56 Å². The molecule has 0 saturated heterocycles. The molecule has 0 heterocycles. The van der Waals surface area contributed by atoms with E-state index < -0.39 is 0 Å². The fourth-order valence-electron chi connectivity index (χ4n) is 1.69. The van der Waals surface area contributed by atoms with Crippen LogP contribution in [0.3, 0.4) is 0 Å². The summed E-state index contributed by atoms with van der Waals surface area (Å²) in [6.45, 7) is 4.78. The second-order valence-electron chi connectivity index (χ2n) is 4.74. The van der Waals surface area contributed by atoms with Crippen LogP contribution in [-0.2, 0) is 11.2 Å². The number of anilines is 1. The molecule has 0 spiro atoms. The lowest BCUT2D eigenvalue weighted by Gasteiger charge is -2.08. The van der Waals surface area contributed by atoms with Gasteiger partial charge >= 0.3 is 0 Å². The molecule has 1 aromatic rings. The van der Waals surface area contributed by atoms with E-state index >= 15 is 0 Å². The zero-order chi connectivity index (χ0) is 12.7. The molecule has 3 heteroatoms. The van der Waals surface area contributed by atoms with E-state index in [1.807, 2.05) is 32.0 Å². The van der Waals surface area contributed by atoms with E-state index in [-0.39, 0.29) is 5.91 Å². The molecule has 0 bridgehead atoms. The zero-order valence-corrected chi connectivity index (χ0v) is 10.7. The first-order chi connectivity index (χ1) is 8.11. The summed E-state index contributed by atoms with van der Waals surface area (Å²) < 4.78 is 0. The minimum absolute atomic E-state index is 0.0796. The highest BCUT2D eigenvalue weighted by Crippen LogP contribution is 2.13. The van der Waals surface area contributed by atoms with Crippen LogP contribution in [-0.4, -0.2) is 12.5 Å². The smallest absolute Gasteiger partial charge is 0.224 e. The average molecular weight is 234 g/mol. The monoisotopic (exact) mass is 234 g/mol. The molecule has 0 unspecified atom stereocenters. The minimum Gasteiger partial charge on any atom is -0.330 e. The van der Waals surface area contributed by atoms with E-state index in [0.29, 0.717) is 18.9 Å². The van der Waals surface area contributed by atoms with Crippen LogP contribution in [0.15, 0.2) is 24.3 Å². The fraction of sp³-hybridized carbons (Fsp3) is 0.500. The Labute approximate surface area is 103 Å². The minimum atomic E-state index is 0.0796. The molecule has 0 radical (unpaired) electrons. The molecule has 0 aliphatic carbocycles. The van der Waals surface area contributed by atoms with Crippen LogP contribution in [0.25, 0.3) is 0 Å². The van der Waals surface area contributed by atoms with Gasteiger partial charge in [0.1, 0.15) is 0 Å². The summed E-state index contributed by atoms with van der Waals surface area (Å²) in [4.78, 5) is 11.6. The summed E-state index contributed by atoms with van der Waals surface area (Å²) in [5.74, 6) is 0.464. The molecule has 0 aliphatic heterocycles. The Hall–Kier alpha value is -1.35. The number of amides is 1. The number of benzene rings is 1. The lowest BCUT2D eigenvalue weighted by molar-refractivity contribution is -0.116. The largest absolute Gasteiger partial charge is 0.330 e. The van der Waals surface area contributed by atoms with Crippen molar-refractivity contribution in [3.8, 4) is 0 Å². The Morgan fingerprint density at radius 2 is 2.18 bits per heavy atom. The quantitative estimate of drug-likeness (QED) is 0.794. The third kappa shape index (κ3) is 5.50. The Balaban J connectivity index is 2.56. The third-order valence-corrected chi connectivity index (χ3v) is 2.47. The highest BCUT2D eigenvalue weighted by atomic mass is 16.1. The predicted molar refractivity (Wildman–Crippen MR) is 71.9 cm³/mol. The second-order valence-corrected chi connectivity index (χ2v) is 4.74. The first-order valence-corrected chi connectivity index (χ1v) is 6.20. The molecular weight excluding hydrogens is 212 g/mol. The summed E-state index contributed by atoms with van der Waals surface area (Å²) in [7, 11) is 0. The molecule has 0 atom stereocenters. The van der Waals surface area contributed by atoms with Gasteiger partial charge in [0.15, 0.2) is 0 Å². The molecular formula is C14H22N2O. The molecule has 0 aliphatic rings. The van der Waals surface area contributed by atoms with Crippen LogP contribution in [0.2, 0.25) is 0 Å². The van der Waals surface area contributed by atoms with Crippen molar-refractivity contribution in [2.45, 2.75) is 33.1 Å². The van der Waals surface area contributed by atoms with Gasteiger partial charge in [-0.05, 0) is 43.0 Å². The van der Waals surface area contributed by atoms with Crippen LogP contribution in [0.4, 0.5) is 5.69 Å². The summed E-state index contributed by atoms with van der Waals surface area (Å²) in [5.41, 5.74) is 7.58. The summed E-state index contributed by atoms with van der Waals surface area (Å²) in [6, 6.07) is 7.97. The van der Waals surface area contributed by atoms with Crippen molar-refractivity contribution < 1.29 is 4.79 Å². The summed E-state index contributed by atoms with van der Waals surface area (Å²) in [6.07, 6.45) is 2.50. The molecule has 0 fully saturated rings. The van der Waals surface area contributed by atoms with Gasteiger partial charge in [0, 0.05) is 12.1 Å². The zero-order valence-electron chi connectivity index (χ0n) is 10.7. The van der Waals surface area contributed by atoms with Gasteiger partial charge in [0.2, 0.25) is 5.91 Å². The van der Waals surface area contributed by atoms with Crippen molar-refractivity contribution in [2.24, 2.45) is 11.7 Å². The fourth-order valence-corrected chi connectivity index (χ4v) is 1.69. The van der Waals surface area contributed by atoms with Crippen molar-refractivity contribution in [3.05, 3.63) is 29.8 Å². The van der Waals surface area contributed by atoms with Gasteiger partial charge in [-0.15, -0.1) is 0 Å². The summed E-state index contributed by atoms with van der Waals surface area (Å²) >= 11 is 0. The Morgan fingerprint density at radius 3 is 2.82 bits per heavy atom. The van der Waals surface area contributed by atoms with E-state index in [9.17, 15) is 4.79 Å². The van der Waals surface area contributed by atoms with E-state index in [1.54, 1.807) is 0 Å². The van der Waals surface area contributed by atoms with Gasteiger partial charge < -0.3 is 11.1 Å². The van der Waals surface area contributed by atoms with Crippen molar-refractivity contribution in [2.75, 3.05) is 11.9 Å². The number of nitrogens with two attached hydrogens (primary N) is 1.